The normalized spacial score (nSPS) is 13.9. The van der Waals surface area contributed by atoms with Crippen molar-refractivity contribution in [1.82, 2.24) is 0 Å². The summed E-state index contributed by atoms with van der Waals surface area (Å²) in [5.41, 5.74) is 13.0. The first kappa shape index (κ1) is 13.0. The second kappa shape index (κ2) is 5.87. The first-order valence-electron chi connectivity index (χ1n) is 5.41. The maximum atomic E-state index is 6.16. The van der Waals surface area contributed by atoms with Crippen molar-refractivity contribution in [1.29, 1.82) is 0 Å². The molecule has 1 atom stereocenters. The Morgan fingerprint density at radius 2 is 2.19 bits per heavy atom. The van der Waals surface area contributed by atoms with Crippen molar-refractivity contribution in [2.45, 2.75) is 26.8 Å². The molecule has 1 unspecified atom stereocenters. The van der Waals surface area contributed by atoms with E-state index in [2.05, 4.69) is 11.9 Å². The number of nitrogens with two attached hydrogens (primary N) is 2. The van der Waals surface area contributed by atoms with Crippen LogP contribution in [-0.2, 0) is 6.54 Å². The highest BCUT2D eigenvalue weighted by atomic mass is 35.5. The minimum absolute atomic E-state index is 0.262. The molecular weight excluding hydrogens is 222 g/mol. The molecule has 88 valence electrons. The molecule has 16 heavy (non-hydrogen) atoms. The molecule has 0 saturated heterocycles. The maximum Gasteiger partial charge on any atom is 0.102 e. The number of nitrogens with zero attached hydrogens (tertiary/aromatic N) is 1. The Hall–Kier alpha value is -1.06. The molecule has 3 nitrogen and oxygen atoms in total. The SMILES string of the molecule is CCC(C)C(N)=Nc1cccc(CN)c1Cl. The number of hydrogen-bond donors (Lipinski definition) is 2. The summed E-state index contributed by atoms with van der Waals surface area (Å²) < 4.78 is 0. The van der Waals surface area contributed by atoms with E-state index >= 15 is 0 Å². The van der Waals surface area contributed by atoms with Crippen LogP contribution in [0.4, 0.5) is 5.69 Å². The van der Waals surface area contributed by atoms with Gasteiger partial charge in [-0.1, -0.05) is 37.6 Å². The van der Waals surface area contributed by atoms with Gasteiger partial charge in [0.25, 0.3) is 0 Å². The lowest BCUT2D eigenvalue weighted by Crippen LogP contribution is -2.20. The first-order chi connectivity index (χ1) is 7.60. The third-order valence-electron chi connectivity index (χ3n) is 2.65. The summed E-state index contributed by atoms with van der Waals surface area (Å²) in [7, 11) is 0. The van der Waals surface area contributed by atoms with Gasteiger partial charge in [0.1, 0.15) is 5.84 Å². The van der Waals surface area contributed by atoms with Crippen LogP contribution >= 0.6 is 11.6 Å². The summed E-state index contributed by atoms with van der Waals surface area (Å²) in [6.45, 7) is 4.52. The molecule has 0 radical (unpaired) electrons. The van der Waals surface area contributed by atoms with Crippen LogP contribution in [0.1, 0.15) is 25.8 Å². The third-order valence-corrected chi connectivity index (χ3v) is 3.08. The van der Waals surface area contributed by atoms with Crippen LogP contribution in [0.2, 0.25) is 5.02 Å². The van der Waals surface area contributed by atoms with Gasteiger partial charge in [-0.3, -0.25) is 0 Å². The lowest BCUT2D eigenvalue weighted by molar-refractivity contribution is 0.733. The van der Waals surface area contributed by atoms with Gasteiger partial charge in [0.15, 0.2) is 0 Å². The maximum absolute atomic E-state index is 6.16. The Kier molecular flexibility index (Phi) is 4.77. The number of amidine groups is 1. The van der Waals surface area contributed by atoms with Crippen LogP contribution in [-0.4, -0.2) is 5.84 Å². The van der Waals surface area contributed by atoms with Crippen molar-refractivity contribution < 1.29 is 0 Å². The van der Waals surface area contributed by atoms with Gasteiger partial charge >= 0.3 is 0 Å². The third kappa shape index (κ3) is 2.97. The highest BCUT2D eigenvalue weighted by molar-refractivity contribution is 6.33. The van der Waals surface area contributed by atoms with Gasteiger partial charge in [-0.25, -0.2) is 4.99 Å². The van der Waals surface area contributed by atoms with Crippen molar-refractivity contribution in [2.24, 2.45) is 22.4 Å². The smallest absolute Gasteiger partial charge is 0.102 e. The van der Waals surface area contributed by atoms with E-state index < -0.39 is 0 Å². The fourth-order valence-electron chi connectivity index (χ4n) is 1.27. The zero-order chi connectivity index (χ0) is 12.1. The van der Waals surface area contributed by atoms with E-state index in [4.69, 9.17) is 23.1 Å². The summed E-state index contributed by atoms with van der Waals surface area (Å²) in [6, 6.07) is 5.62. The molecule has 4 heteroatoms. The summed E-state index contributed by atoms with van der Waals surface area (Å²) >= 11 is 6.16. The minimum atomic E-state index is 0.262. The molecular formula is C12H18ClN3. The summed E-state index contributed by atoms with van der Waals surface area (Å²) in [4.78, 5) is 4.34. The van der Waals surface area contributed by atoms with Crippen LogP contribution in [0.3, 0.4) is 0 Å². The number of rotatable bonds is 4. The largest absolute Gasteiger partial charge is 0.387 e. The van der Waals surface area contributed by atoms with Crippen LogP contribution in [0.5, 0.6) is 0 Å². The lowest BCUT2D eigenvalue weighted by atomic mass is 10.1. The van der Waals surface area contributed by atoms with Crippen molar-refractivity contribution in [3.8, 4) is 0 Å². The van der Waals surface area contributed by atoms with Gasteiger partial charge < -0.3 is 11.5 Å². The Labute approximate surface area is 101 Å². The Balaban J connectivity index is 3.05. The van der Waals surface area contributed by atoms with Crippen molar-refractivity contribution in [2.75, 3.05) is 0 Å². The van der Waals surface area contributed by atoms with Crippen LogP contribution in [0.15, 0.2) is 23.2 Å². The predicted octanol–water partition coefficient (Wildman–Crippen LogP) is 2.83. The molecule has 4 N–H and O–H groups in total. The Bertz CT molecular complexity index is 388. The molecule has 0 aliphatic heterocycles. The molecule has 0 bridgehead atoms. The van der Waals surface area contributed by atoms with E-state index in [0.717, 1.165) is 12.0 Å². The van der Waals surface area contributed by atoms with Crippen molar-refractivity contribution >= 4 is 23.1 Å². The van der Waals surface area contributed by atoms with E-state index in [1.54, 1.807) is 0 Å². The first-order valence-corrected chi connectivity index (χ1v) is 5.79. The van der Waals surface area contributed by atoms with E-state index in [0.29, 0.717) is 23.1 Å². The Morgan fingerprint density at radius 1 is 1.50 bits per heavy atom. The average Bonchev–Trinajstić information content (AvgIpc) is 2.30. The molecule has 0 fully saturated rings. The number of benzene rings is 1. The topological polar surface area (TPSA) is 64.4 Å². The van der Waals surface area contributed by atoms with Gasteiger partial charge in [-0.2, -0.15) is 0 Å². The fraction of sp³-hybridized carbons (Fsp3) is 0.417. The molecule has 0 aromatic heterocycles. The monoisotopic (exact) mass is 239 g/mol. The standard InChI is InChI=1S/C12H18ClN3/c1-3-8(2)12(15)16-10-6-4-5-9(7-14)11(10)13/h4-6,8H,3,7,14H2,1-2H3,(H2,15,16). The van der Waals surface area contributed by atoms with E-state index in [-0.39, 0.29) is 5.92 Å². The van der Waals surface area contributed by atoms with E-state index in [1.807, 2.05) is 25.1 Å². The van der Waals surface area contributed by atoms with Gasteiger partial charge in [0.05, 0.1) is 10.7 Å². The minimum Gasteiger partial charge on any atom is -0.387 e. The van der Waals surface area contributed by atoms with Crippen LogP contribution in [0, 0.1) is 5.92 Å². The van der Waals surface area contributed by atoms with Gasteiger partial charge in [0, 0.05) is 12.5 Å². The second-order valence-corrected chi connectivity index (χ2v) is 4.18. The van der Waals surface area contributed by atoms with Gasteiger partial charge in [-0.05, 0) is 18.1 Å². The molecule has 0 heterocycles. The summed E-state index contributed by atoms with van der Waals surface area (Å²) in [6.07, 6.45) is 0.962. The zero-order valence-electron chi connectivity index (χ0n) is 9.70. The fourth-order valence-corrected chi connectivity index (χ4v) is 1.51. The summed E-state index contributed by atoms with van der Waals surface area (Å²) in [5, 5.41) is 0.594. The molecule has 0 spiro atoms. The average molecular weight is 240 g/mol. The molecule has 1 aromatic carbocycles. The summed E-state index contributed by atoms with van der Waals surface area (Å²) in [5.74, 6) is 0.871. The highest BCUT2D eigenvalue weighted by Crippen LogP contribution is 2.28. The van der Waals surface area contributed by atoms with Crippen LogP contribution in [0.25, 0.3) is 0 Å². The number of halogens is 1. The number of hydrogen-bond acceptors (Lipinski definition) is 2. The molecule has 1 rings (SSSR count). The quantitative estimate of drug-likeness (QED) is 0.627. The van der Waals surface area contributed by atoms with Crippen LogP contribution < -0.4 is 11.5 Å². The zero-order valence-corrected chi connectivity index (χ0v) is 10.5. The highest BCUT2D eigenvalue weighted by Gasteiger charge is 2.07. The number of aliphatic imine (C=N–C) groups is 1. The van der Waals surface area contributed by atoms with Crippen molar-refractivity contribution in [3.05, 3.63) is 28.8 Å². The molecule has 0 amide bonds. The molecule has 0 aliphatic rings. The molecule has 0 saturated carbocycles. The van der Waals surface area contributed by atoms with E-state index in [9.17, 15) is 0 Å². The van der Waals surface area contributed by atoms with Gasteiger partial charge in [0.2, 0.25) is 0 Å². The Morgan fingerprint density at radius 3 is 2.75 bits per heavy atom. The molecule has 1 aromatic rings. The lowest BCUT2D eigenvalue weighted by Gasteiger charge is -2.09. The van der Waals surface area contributed by atoms with Gasteiger partial charge in [-0.15, -0.1) is 0 Å². The predicted molar refractivity (Wildman–Crippen MR) is 70.1 cm³/mol. The second-order valence-electron chi connectivity index (χ2n) is 3.80. The molecule has 0 aliphatic carbocycles. The van der Waals surface area contributed by atoms with E-state index in [1.165, 1.54) is 0 Å². The van der Waals surface area contributed by atoms with Crippen molar-refractivity contribution in [3.63, 3.8) is 0 Å².